The van der Waals surface area contributed by atoms with E-state index in [9.17, 15) is 13.2 Å². The highest BCUT2D eigenvalue weighted by molar-refractivity contribution is 6.33. The average molecular weight is 486 g/mol. The van der Waals surface area contributed by atoms with E-state index >= 15 is 0 Å². The number of hydrazine groups is 2. The van der Waals surface area contributed by atoms with Crippen LogP contribution in [0.3, 0.4) is 0 Å². The van der Waals surface area contributed by atoms with E-state index in [1.54, 1.807) is 11.1 Å². The predicted molar refractivity (Wildman–Crippen MR) is 125 cm³/mol. The van der Waals surface area contributed by atoms with Crippen LogP contribution in [0, 0.1) is 0 Å². The molecule has 0 amide bonds. The number of hydrogen-bond donors (Lipinski definition) is 2. The number of nitrogens with two attached hydrogens (primary N) is 1. The van der Waals surface area contributed by atoms with Crippen LogP contribution >= 0.6 is 11.6 Å². The zero-order chi connectivity index (χ0) is 24.0. The first-order chi connectivity index (χ1) is 16.3. The molecule has 0 fully saturated rings. The number of hydrogen-bond acceptors (Lipinski definition) is 7. The van der Waals surface area contributed by atoms with Crippen molar-refractivity contribution in [1.82, 2.24) is 20.1 Å². The lowest BCUT2D eigenvalue weighted by Crippen LogP contribution is -2.30. The van der Waals surface area contributed by atoms with Crippen LogP contribution in [0.15, 0.2) is 54.7 Å². The van der Waals surface area contributed by atoms with E-state index in [4.69, 9.17) is 22.4 Å². The molecule has 0 atom stereocenters. The molecule has 1 aliphatic rings. The van der Waals surface area contributed by atoms with Crippen LogP contribution in [0.25, 0.3) is 22.2 Å². The van der Waals surface area contributed by atoms with Crippen LogP contribution in [0.1, 0.15) is 18.2 Å². The molecule has 3 N–H and O–H groups in total. The molecule has 0 bridgehead atoms. The van der Waals surface area contributed by atoms with Gasteiger partial charge in [0.05, 0.1) is 34.0 Å². The second-order valence-corrected chi connectivity index (χ2v) is 8.13. The summed E-state index contributed by atoms with van der Waals surface area (Å²) >= 11 is 6.29. The third kappa shape index (κ3) is 3.89. The molecule has 11 heteroatoms. The second kappa shape index (κ2) is 8.39. The first kappa shape index (κ1) is 22.3. The largest absolute Gasteiger partial charge is 0.416 e. The van der Waals surface area contributed by atoms with Gasteiger partial charge in [-0.25, -0.2) is 9.97 Å². The molecule has 0 saturated carbocycles. The number of anilines is 3. The molecule has 0 unspecified atom stereocenters. The summed E-state index contributed by atoms with van der Waals surface area (Å²) in [7, 11) is 0. The van der Waals surface area contributed by atoms with Crippen molar-refractivity contribution in [2.45, 2.75) is 19.6 Å². The van der Waals surface area contributed by atoms with Gasteiger partial charge in [-0.15, -0.1) is 0 Å². The first-order valence-corrected chi connectivity index (χ1v) is 10.8. The van der Waals surface area contributed by atoms with Gasteiger partial charge in [0.2, 0.25) is 5.95 Å². The molecule has 34 heavy (non-hydrogen) atoms. The van der Waals surface area contributed by atoms with Gasteiger partial charge in [0.25, 0.3) is 0 Å². The highest BCUT2D eigenvalue weighted by Gasteiger charge is 2.32. The SMILES string of the molecule is CCN(c1nc2c(c(-c3cccc4cccnc34)n1)NN(N)C2)c1ccc(C(F)(F)F)cc1Cl. The van der Waals surface area contributed by atoms with Gasteiger partial charge in [0.1, 0.15) is 11.4 Å². The predicted octanol–water partition coefficient (Wildman–Crippen LogP) is 5.54. The topological polar surface area (TPSA) is 83.2 Å². The Bertz CT molecular complexity index is 1390. The van der Waals surface area contributed by atoms with Crippen molar-refractivity contribution in [3.63, 3.8) is 0 Å². The Morgan fingerprint density at radius 1 is 1.15 bits per heavy atom. The van der Waals surface area contributed by atoms with Gasteiger partial charge in [-0.3, -0.25) is 10.8 Å². The van der Waals surface area contributed by atoms with Crippen LogP contribution in [-0.2, 0) is 12.7 Å². The van der Waals surface area contributed by atoms with Crippen molar-refractivity contribution in [3.8, 4) is 11.3 Å². The Morgan fingerprint density at radius 3 is 2.68 bits per heavy atom. The van der Waals surface area contributed by atoms with Crippen LogP contribution in [0.5, 0.6) is 0 Å². The maximum Gasteiger partial charge on any atom is 0.416 e. The number of alkyl halides is 3. The number of aromatic nitrogens is 3. The molecule has 0 aliphatic carbocycles. The van der Waals surface area contributed by atoms with Crippen molar-refractivity contribution in [1.29, 1.82) is 0 Å². The smallest absolute Gasteiger partial charge is 0.309 e. The maximum atomic E-state index is 13.1. The highest BCUT2D eigenvalue weighted by Crippen LogP contribution is 2.40. The van der Waals surface area contributed by atoms with E-state index in [-0.39, 0.29) is 5.02 Å². The lowest BCUT2D eigenvalue weighted by Gasteiger charge is -2.24. The van der Waals surface area contributed by atoms with Crippen molar-refractivity contribution < 1.29 is 13.2 Å². The second-order valence-electron chi connectivity index (χ2n) is 7.72. The van der Waals surface area contributed by atoms with Crippen LogP contribution in [0.4, 0.5) is 30.5 Å². The minimum atomic E-state index is -4.49. The zero-order valence-electron chi connectivity index (χ0n) is 17.9. The summed E-state index contributed by atoms with van der Waals surface area (Å²) in [6, 6.07) is 12.8. The third-order valence-corrected chi connectivity index (χ3v) is 5.86. The van der Waals surface area contributed by atoms with Gasteiger partial charge in [-0.05, 0) is 31.2 Å². The van der Waals surface area contributed by atoms with Crippen LogP contribution in [-0.4, -0.2) is 26.6 Å². The monoisotopic (exact) mass is 485 g/mol. The summed E-state index contributed by atoms with van der Waals surface area (Å²) < 4.78 is 39.4. The lowest BCUT2D eigenvalue weighted by molar-refractivity contribution is -0.137. The molecule has 1 aliphatic heterocycles. The molecule has 0 radical (unpaired) electrons. The molecule has 3 heterocycles. The lowest BCUT2D eigenvalue weighted by atomic mass is 10.0. The third-order valence-electron chi connectivity index (χ3n) is 5.56. The first-order valence-electron chi connectivity index (χ1n) is 10.4. The van der Waals surface area contributed by atoms with E-state index < -0.39 is 11.7 Å². The molecule has 7 nitrogen and oxygen atoms in total. The fourth-order valence-corrected chi connectivity index (χ4v) is 4.29. The van der Waals surface area contributed by atoms with E-state index in [1.807, 2.05) is 37.3 Å². The van der Waals surface area contributed by atoms with Crippen LogP contribution < -0.4 is 16.2 Å². The summed E-state index contributed by atoms with van der Waals surface area (Å²) in [5, 5.41) is 2.29. The molecule has 2 aromatic carbocycles. The normalized spacial score (nSPS) is 13.7. The minimum Gasteiger partial charge on any atom is -0.309 e. The molecule has 5 rings (SSSR count). The number of nitrogens with zero attached hydrogens (tertiary/aromatic N) is 5. The van der Waals surface area contributed by atoms with E-state index in [1.165, 1.54) is 11.2 Å². The molecule has 4 aromatic rings. The van der Waals surface area contributed by atoms with Gasteiger partial charge in [0.15, 0.2) is 0 Å². The quantitative estimate of drug-likeness (QED) is 0.367. The summed E-state index contributed by atoms with van der Waals surface area (Å²) in [6.45, 7) is 2.53. The molecule has 174 valence electrons. The zero-order valence-corrected chi connectivity index (χ0v) is 18.7. The Hall–Kier alpha value is -3.47. The number of fused-ring (bicyclic) bond motifs is 2. The van der Waals surface area contributed by atoms with E-state index in [0.717, 1.165) is 28.6 Å². The Morgan fingerprint density at radius 2 is 1.94 bits per heavy atom. The maximum absolute atomic E-state index is 13.1. The molecular formula is C23H19ClF3N7. The minimum absolute atomic E-state index is 0.0484. The van der Waals surface area contributed by atoms with E-state index in [2.05, 4.69) is 15.4 Å². The van der Waals surface area contributed by atoms with E-state index in [0.29, 0.717) is 41.8 Å². The van der Waals surface area contributed by atoms with Gasteiger partial charge < -0.3 is 10.3 Å². The highest BCUT2D eigenvalue weighted by atomic mass is 35.5. The summed E-state index contributed by atoms with van der Waals surface area (Å²) in [5.74, 6) is 6.29. The number of pyridine rings is 1. The fourth-order valence-electron chi connectivity index (χ4n) is 4.00. The number of nitrogens with one attached hydrogen (secondary N) is 1. The number of halogens is 4. The number of benzene rings is 2. The Labute approximate surface area is 197 Å². The summed E-state index contributed by atoms with van der Waals surface area (Å²) in [5.41, 5.74) is 6.04. The Balaban J connectivity index is 1.68. The van der Waals surface area contributed by atoms with Gasteiger partial charge in [-0.2, -0.15) is 18.3 Å². The van der Waals surface area contributed by atoms with Crippen LogP contribution in [0.2, 0.25) is 5.02 Å². The van der Waals surface area contributed by atoms with Crippen molar-refractivity contribution in [3.05, 3.63) is 71.0 Å². The molecular weight excluding hydrogens is 467 g/mol. The summed E-state index contributed by atoms with van der Waals surface area (Å²) in [4.78, 5) is 15.7. The van der Waals surface area contributed by atoms with Gasteiger partial charge in [-0.1, -0.05) is 35.9 Å². The van der Waals surface area contributed by atoms with Crippen molar-refractivity contribution in [2.75, 3.05) is 16.9 Å². The number of para-hydroxylation sites is 1. The van der Waals surface area contributed by atoms with Gasteiger partial charge in [0, 0.05) is 23.7 Å². The standard InChI is InChI=1S/C23H19ClF3N7/c1-2-33(18-9-8-14(11-16(18)24)23(25,26)27)22-30-17-12-34(28)32-21(17)20(31-22)15-7-3-5-13-6-4-10-29-19(13)15/h3-11,32H,2,12,28H2,1H3. The summed E-state index contributed by atoms with van der Waals surface area (Å²) in [6.07, 6.45) is -2.79. The average Bonchev–Trinajstić information content (AvgIpc) is 3.19. The fraction of sp³-hybridized carbons (Fsp3) is 0.174. The molecule has 2 aromatic heterocycles. The Kier molecular flexibility index (Phi) is 5.51. The molecule has 0 spiro atoms. The molecule has 0 saturated heterocycles. The number of rotatable bonds is 4. The van der Waals surface area contributed by atoms with Crippen molar-refractivity contribution >= 4 is 39.8 Å². The van der Waals surface area contributed by atoms with Crippen molar-refractivity contribution in [2.24, 2.45) is 5.84 Å². The van der Waals surface area contributed by atoms with Gasteiger partial charge >= 0.3 is 6.18 Å².